The predicted octanol–water partition coefficient (Wildman–Crippen LogP) is 2.42. The van der Waals surface area contributed by atoms with Crippen molar-refractivity contribution in [1.29, 1.82) is 0 Å². The number of hydrogen-bond donors (Lipinski definition) is 2. The van der Waals surface area contributed by atoms with Crippen LogP contribution in [-0.4, -0.2) is 62.8 Å². The number of fused-ring (bicyclic) bond motifs is 1. The molecule has 35 heavy (non-hydrogen) atoms. The smallest absolute Gasteiger partial charge is 0.477 e. The molecule has 13 heteroatoms. The highest BCUT2D eigenvalue weighted by Crippen LogP contribution is 2.50. The molecule has 0 bridgehead atoms. The summed E-state index contributed by atoms with van der Waals surface area (Å²) in [6.07, 6.45) is -0.720. The first-order valence-electron chi connectivity index (χ1n) is 10.7. The number of nitro groups is 1. The van der Waals surface area contributed by atoms with Gasteiger partial charge in [-0.15, -0.1) is 11.8 Å². The zero-order valence-electron chi connectivity index (χ0n) is 19.3. The average molecular weight is 508 g/mol. The molecule has 0 radical (unpaired) electrons. The molecule has 188 valence electrons. The molecular formula is C22H25N3O9S. The van der Waals surface area contributed by atoms with Crippen LogP contribution in [0.25, 0.3) is 0 Å². The molecule has 2 aliphatic heterocycles. The summed E-state index contributed by atoms with van der Waals surface area (Å²) < 4.78 is 10.5. The van der Waals surface area contributed by atoms with Gasteiger partial charge in [0.25, 0.3) is 5.69 Å². The highest BCUT2D eigenvalue weighted by atomic mass is 32.2. The van der Waals surface area contributed by atoms with Gasteiger partial charge in [0.1, 0.15) is 17.9 Å². The van der Waals surface area contributed by atoms with E-state index in [1.165, 1.54) is 47.9 Å². The number of nitrogens with one attached hydrogen (secondary N) is 1. The first-order valence-corrected chi connectivity index (χ1v) is 11.7. The molecule has 3 rings (SSSR count). The number of thioether (sulfide) groups is 1. The van der Waals surface area contributed by atoms with Crippen LogP contribution in [0.3, 0.4) is 0 Å². The van der Waals surface area contributed by atoms with E-state index in [0.717, 1.165) is 0 Å². The number of ether oxygens (including phenoxy) is 2. The minimum absolute atomic E-state index is 0.0828. The molecule has 0 unspecified atom stereocenters. The number of carbonyl (C=O) groups excluding carboxylic acids is 3. The first kappa shape index (κ1) is 26.0. The zero-order valence-corrected chi connectivity index (χ0v) is 20.1. The SMILES string of the molecule is CC(=O)NCCSC1=C(C(=O)O)N2C(=O)[C@@H](C(C)(C)OC(=O)OCc3ccc([N+](=O)[O-])cc3)[C@H]2C1. The summed E-state index contributed by atoms with van der Waals surface area (Å²) in [5.41, 5.74) is -0.932. The summed E-state index contributed by atoms with van der Waals surface area (Å²) in [7, 11) is 0. The molecule has 1 aromatic carbocycles. The minimum atomic E-state index is -1.27. The Morgan fingerprint density at radius 1 is 1.29 bits per heavy atom. The number of aliphatic carboxylic acids is 1. The van der Waals surface area contributed by atoms with Crippen molar-refractivity contribution in [2.75, 3.05) is 12.3 Å². The number of non-ortho nitro benzene ring substituents is 1. The van der Waals surface area contributed by atoms with Crippen LogP contribution in [-0.2, 0) is 30.5 Å². The number of nitrogens with zero attached hydrogens (tertiary/aromatic N) is 2. The summed E-state index contributed by atoms with van der Waals surface area (Å²) >= 11 is 1.26. The van der Waals surface area contributed by atoms with Gasteiger partial charge in [-0.1, -0.05) is 0 Å². The quantitative estimate of drug-likeness (QED) is 0.158. The number of hydrogen-bond acceptors (Lipinski definition) is 9. The van der Waals surface area contributed by atoms with E-state index in [1.54, 1.807) is 13.8 Å². The second-order valence-electron chi connectivity index (χ2n) is 8.53. The molecule has 0 spiro atoms. The van der Waals surface area contributed by atoms with E-state index in [9.17, 15) is 34.4 Å². The van der Waals surface area contributed by atoms with Crippen molar-refractivity contribution in [2.24, 2.45) is 5.92 Å². The minimum Gasteiger partial charge on any atom is -0.477 e. The Morgan fingerprint density at radius 2 is 1.94 bits per heavy atom. The lowest BCUT2D eigenvalue weighted by Gasteiger charge is -2.49. The van der Waals surface area contributed by atoms with Gasteiger partial charge < -0.3 is 24.8 Å². The van der Waals surface area contributed by atoms with Crippen LogP contribution in [0.5, 0.6) is 0 Å². The number of nitro benzene ring substituents is 1. The van der Waals surface area contributed by atoms with Crippen molar-refractivity contribution in [2.45, 2.75) is 45.4 Å². The molecule has 1 saturated heterocycles. The maximum Gasteiger partial charge on any atom is 0.509 e. The number of amides is 2. The van der Waals surface area contributed by atoms with Gasteiger partial charge in [0, 0.05) is 42.7 Å². The van der Waals surface area contributed by atoms with Crippen molar-refractivity contribution in [3.8, 4) is 0 Å². The Balaban J connectivity index is 1.59. The second kappa shape index (κ2) is 10.3. The summed E-state index contributed by atoms with van der Waals surface area (Å²) in [6.45, 7) is 4.68. The topological polar surface area (TPSA) is 165 Å². The number of β-lactam (4-membered cyclic amide) rings is 1. The van der Waals surface area contributed by atoms with Crippen molar-refractivity contribution >= 4 is 41.4 Å². The van der Waals surface area contributed by atoms with Crippen LogP contribution in [0.15, 0.2) is 34.9 Å². The van der Waals surface area contributed by atoms with Crippen LogP contribution in [0.4, 0.5) is 10.5 Å². The Bertz CT molecular complexity index is 1080. The fraction of sp³-hybridized carbons (Fsp3) is 0.455. The lowest BCUT2D eigenvalue weighted by atomic mass is 9.76. The molecular weight excluding hydrogens is 482 g/mol. The number of carboxylic acids is 1. The van der Waals surface area contributed by atoms with Crippen molar-refractivity contribution in [3.63, 3.8) is 0 Å². The lowest BCUT2D eigenvalue weighted by molar-refractivity contribution is -0.384. The lowest BCUT2D eigenvalue weighted by Crippen LogP contribution is -2.66. The highest BCUT2D eigenvalue weighted by Gasteiger charge is 2.61. The van der Waals surface area contributed by atoms with Gasteiger partial charge >= 0.3 is 12.1 Å². The second-order valence-corrected chi connectivity index (χ2v) is 9.72. The van der Waals surface area contributed by atoms with Gasteiger partial charge in [-0.3, -0.25) is 19.7 Å². The Kier molecular flexibility index (Phi) is 7.68. The summed E-state index contributed by atoms with van der Waals surface area (Å²) in [5, 5.41) is 23.0. The zero-order chi connectivity index (χ0) is 25.9. The van der Waals surface area contributed by atoms with E-state index < -0.39 is 40.5 Å². The Morgan fingerprint density at radius 3 is 2.51 bits per heavy atom. The molecule has 2 aliphatic rings. The summed E-state index contributed by atoms with van der Waals surface area (Å²) in [5.74, 6) is -2.19. The van der Waals surface area contributed by atoms with Gasteiger partial charge in [0.2, 0.25) is 11.8 Å². The van der Waals surface area contributed by atoms with Gasteiger partial charge in [-0.05, 0) is 31.5 Å². The number of carbonyl (C=O) groups is 4. The van der Waals surface area contributed by atoms with E-state index >= 15 is 0 Å². The fourth-order valence-corrected chi connectivity index (χ4v) is 5.19. The van der Waals surface area contributed by atoms with Crippen molar-refractivity contribution in [3.05, 3.63) is 50.5 Å². The maximum absolute atomic E-state index is 12.9. The third kappa shape index (κ3) is 5.73. The monoisotopic (exact) mass is 507 g/mol. The predicted molar refractivity (Wildman–Crippen MR) is 123 cm³/mol. The molecule has 2 heterocycles. The number of carboxylic acid groups (broad SMARTS) is 1. The van der Waals surface area contributed by atoms with E-state index in [-0.39, 0.29) is 23.9 Å². The van der Waals surface area contributed by atoms with Gasteiger partial charge in [-0.2, -0.15) is 0 Å². The summed E-state index contributed by atoms with van der Waals surface area (Å²) in [4.78, 5) is 60.0. The normalized spacial score (nSPS) is 19.1. The molecule has 1 fully saturated rings. The van der Waals surface area contributed by atoms with Crippen LogP contribution < -0.4 is 5.32 Å². The molecule has 2 atom stereocenters. The fourth-order valence-electron chi connectivity index (χ4n) is 4.13. The highest BCUT2D eigenvalue weighted by molar-refractivity contribution is 8.03. The molecule has 2 amide bonds. The Labute approximate surface area is 204 Å². The van der Waals surface area contributed by atoms with E-state index in [2.05, 4.69) is 5.32 Å². The van der Waals surface area contributed by atoms with Crippen LogP contribution in [0, 0.1) is 16.0 Å². The molecule has 0 aliphatic carbocycles. The van der Waals surface area contributed by atoms with Gasteiger partial charge in [0.05, 0.1) is 16.9 Å². The van der Waals surface area contributed by atoms with Crippen molar-refractivity contribution in [1.82, 2.24) is 10.2 Å². The molecule has 0 saturated carbocycles. The van der Waals surface area contributed by atoms with E-state index in [0.29, 0.717) is 29.2 Å². The van der Waals surface area contributed by atoms with Crippen molar-refractivity contribution < 1.29 is 38.7 Å². The molecule has 0 aromatic heterocycles. The maximum atomic E-state index is 12.9. The molecule has 12 nitrogen and oxygen atoms in total. The number of rotatable bonds is 10. The average Bonchev–Trinajstić information content (AvgIpc) is 3.08. The molecule has 2 N–H and O–H groups in total. The van der Waals surface area contributed by atoms with E-state index in [4.69, 9.17) is 9.47 Å². The Hall–Kier alpha value is -3.61. The number of benzene rings is 1. The van der Waals surface area contributed by atoms with Crippen LogP contribution >= 0.6 is 11.8 Å². The third-order valence-electron chi connectivity index (χ3n) is 5.67. The first-order chi connectivity index (χ1) is 16.4. The summed E-state index contributed by atoms with van der Waals surface area (Å²) in [6, 6.07) is 5.00. The standard InChI is InChI=1S/C22H25N3O9S/c1-12(26)23-8-9-35-16-10-15-17(19(27)24(15)18(16)20(28)29)22(2,3)34-21(30)33-11-13-4-6-14(7-5-13)25(31)32/h4-7,15,17H,8-11H2,1-3H3,(H,23,26)(H,28,29)/t15-,17+/m1/s1. The largest absolute Gasteiger partial charge is 0.509 e. The van der Waals surface area contributed by atoms with E-state index in [1.807, 2.05) is 0 Å². The molecule has 1 aromatic rings. The van der Waals surface area contributed by atoms with Gasteiger partial charge in [-0.25, -0.2) is 9.59 Å². The third-order valence-corrected chi connectivity index (χ3v) is 6.79. The van der Waals surface area contributed by atoms with Gasteiger partial charge in [0.15, 0.2) is 0 Å². The van der Waals surface area contributed by atoms with Crippen LogP contribution in [0.1, 0.15) is 32.8 Å². The van der Waals surface area contributed by atoms with Crippen LogP contribution in [0.2, 0.25) is 0 Å².